The van der Waals surface area contributed by atoms with Crippen LogP contribution in [0.1, 0.15) is 5.56 Å². The first-order valence-electron chi connectivity index (χ1n) is 5.64. The van der Waals surface area contributed by atoms with Crippen LogP contribution < -0.4 is 10.6 Å². The van der Waals surface area contributed by atoms with Crippen LogP contribution in [0.4, 0.5) is 19.3 Å². The zero-order valence-electron chi connectivity index (χ0n) is 10.2. The number of carbonyl (C=O) groups is 1. The first-order chi connectivity index (χ1) is 9.56. The summed E-state index contributed by atoms with van der Waals surface area (Å²) in [5.41, 5.74) is 0.832. The molecule has 0 bridgehead atoms. The van der Waals surface area contributed by atoms with E-state index in [-0.39, 0.29) is 16.7 Å². The van der Waals surface area contributed by atoms with Crippen LogP contribution in [0.3, 0.4) is 0 Å². The Morgan fingerprint density at radius 2 is 2.15 bits per heavy atom. The van der Waals surface area contributed by atoms with Gasteiger partial charge < -0.3 is 10.6 Å². The maximum atomic E-state index is 13.3. The second-order valence-electron chi connectivity index (χ2n) is 3.92. The second-order valence-corrected chi connectivity index (χ2v) is 4.71. The van der Waals surface area contributed by atoms with Crippen molar-refractivity contribution in [1.82, 2.24) is 10.3 Å². The zero-order chi connectivity index (χ0) is 14.5. The number of nitrogens with zero attached hydrogens (tertiary/aromatic N) is 1. The monoisotopic (exact) mass is 341 g/mol. The van der Waals surface area contributed by atoms with E-state index in [1.807, 2.05) is 0 Å². The fraction of sp³-hybridized carbons (Fsp3) is 0.0769. The molecule has 0 aliphatic rings. The van der Waals surface area contributed by atoms with Gasteiger partial charge in [0, 0.05) is 25.0 Å². The summed E-state index contributed by atoms with van der Waals surface area (Å²) in [4.78, 5) is 15.6. The molecule has 0 radical (unpaired) electrons. The Morgan fingerprint density at radius 3 is 2.85 bits per heavy atom. The van der Waals surface area contributed by atoms with Crippen LogP contribution in [0.15, 0.2) is 41.1 Å². The molecule has 0 atom stereocenters. The third-order valence-corrected chi connectivity index (χ3v) is 3.22. The van der Waals surface area contributed by atoms with Crippen molar-refractivity contribution in [2.75, 3.05) is 5.32 Å². The second kappa shape index (κ2) is 6.42. The predicted molar refractivity (Wildman–Crippen MR) is 74.2 cm³/mol. The summed E-state index contributed by atoms with van der Waals surface area (Å²) >= 11 is 2.94. The van der Waals surface area contributed by atoms with E-state index >= 15 is 0 Å². The summed E-state index contributed by atoms with van der Waals surface area (Å²) in [6, 6.07) is 4.72. The molecule has 1 aromatic carbocycles. The van der Waals surface area contributed by atoms with Crippen molar-refractivity contribution in [3.05, 3.63) is 58.3 Å². The topological polar surface area (TPSA) is 54.0 Å². The van der Waals surface area contributed by atoms with E-state index in [0.717, 1.165) is 17.7 Å². The summed E-state index contributed by atoms with van der Waals surface area (Å²) < 4.78 is 26.3. The first-order valence-corrected chi connectivity index (χ1v) is 6.44. The maximum absolute atomic E-state index is 13.3. The van der Waals surface area contributed by atoms with Gasteiger partial charge in [-0.2, -0.15) is 0 Å². The molecule has 0 spiro atoms. The summed E-state index contributed by atoms with van der Waals surface area (Å²) in [6.07, 6.45) is 3.23. The van der Waals surface area contributed by atoms with Crippen LogP contribution in [0, 0.1) is 11.6 Å². The number of benzene rings is 1. The number of halogens is 3. The van der Waals surface area contributed by atoms with Crippen molar-refractivity contribution in [2.24, 2.45) is 0 Å². The smallest absolute Gasteiger partial charge is 0.319 e. The number of pyridine rings is 1. The normalized spacial score (nSPS) is 10.2. The lowest BCUT2D eigenvalue weighted by molar-refractivity contribution is 0.251. The quantitative estimate of drug-likeness (QED) is 0.840. The molecule has 2 aromatic rings. The largest absolute Gasteiger partial charge is 0.334 e. The van der Waals surface area contributed by atoms with Crippen molar-refractivity contribution in [1.29, 1.82) is 0 Å². The number of hydrogen-bond donors (Lipinski definition) is 2. The Bertz CT molecular complexity index is 623. The lowest BCUT2D eigenvalue weighted by Gasteiger charge is -2.09. The highest BCUT2D eigenvalue weighted by molar-refractivity contribution is 9.10. The van der Waals surface area contributed by atoms with Crippen molar-refractivity contribution in [3.8, 4) is 0 Å². The molecule has 2 N–H and O–H groups in total. The lowest BCUT2D eigenvalue weighted by Crippen LogP contribution is -2.28. The Balaban J connectivity index is 1.98. The van der Waals surface area contributed by atoms with E-state index in [2.05, 4.69) is 31.5 Å². The molecule has 7 heteroatoms. The third kappa shape index (κ3) is 3.74. The van der Waals surface area contributed by atoms with Crippen molar-refractivity contribution < 1.29 is 13.6 Å². The number of urea groups is 1. The van der Waals surface area contributed by atoms with Crippen LogP contribution in [0.25, 0.3) is 0 Å². The first kappa shape index (κ1) is 14.4. The fourth-order valence-electron chi connectivity index (χ4n) is 1.50. The summed E-state index contributed by atoms with van der Waals surface area (Å²) in [5.74, 6) is -1.55. The fourth-order valence-corrected chi connectivity index (χ4v) is 1.83. The van der Waals surface area contributed by atoms with E-state index in [1.165, 1.54) is 0 Å². The molecule has 1 heterocycles. The molecule has 2 amide bonds. The molecule has 0 aliphatic carbocycles. The molecule has 0 saturated carbocycles. The van der Waals surface area contributed by atoms with Gasteiger partial charge in [-0.1, -0.05) is 6.07 Å². The number of hydrogen-bond acceptors (Lipinski definition) is 2. The molecule has 0 unspecified atom stereocenters. The van der Waals surface area contributed by atoms with Crippen molar-refractivity contribution >= 4 is 27.6 Å². The van der Waals surface area contributed by atoms with Gasteiger partial charge in [-0.25, -0.2) is 13.6 Å². The number of nitrogens with one attached hydrogen (secondary N) is 2. The molecule has 0 aliphatic heterocycles. The van der Waals surface area contributed by atoms with Gasteiger partial charge in [0.25, 0.3) is 0 Å². The Labute approximate surface area is 122 Å². The number of anilines is 1. The van der Waals surface area contributed by atoms with Gasteiger partial charge in [-0.15, -0.1) is 0 Å². The maximum Gasteiger partial charge on any atom is 0.319 e. The highest BCUT2D eigenvalue weighted by Crippen LogP contribution is 2.26. The lowest BCUT2D eigenvalue weighted by atomic mass is 10.3. The molecular weight excluding hydrogens is 332 g/mol. The van der Waals surface area contributed by atoms with E-state index in [9.17, 15) is 13.6 Å². The summed E-state index contributed by atoms with van der Waals surface area (Å²) in [6.45, 7) is 0.259. The van der Waals surface area contributed by atoms with E-state index in [0.29, 0.717) is 0 Å². The predicted octanol–water partition coefficient (Wildman–Crippen LogP) is 3.44. The standard InChI is InChI=1S/C13H10BrF2N3O/c14-12-10(16)4-9(15)5-11(12)19-13(20)18-7-8-2-1-3-17-6-8/h1-6H,7H2,(H2,18,19,20). The number of aromatic nitrogens is 1. The van der Waals surface area contributed by atoms with Gasteiger partial charge in [-0.3, -0.25) is 4.98 Å². The molecular formula is C13H10BrF2N3O. The van der Waals surface area contributed by atoms with Crippen LogP contribution in [0.2, 0.25) is 0 Å². The minimum Gasteiger partial charge on any atom is -0.334 e. The van der Waals surface area contributed by atoms with Crippen LogP contribution in [-0.2, 0) is 6.54 Å². The van der Waals surface area contributed by atoms with Gasteiger partial charge in [0.2, 0.25) is 0 Å². The average molecular weight is 342 g/mol. The summed E-state index contributed by atoms with van der Waals surface area (Å²) in [5, 5.41) is 4.92. The van der Waals surface area contributed by atoms with Crippen molar-refractivity contribution in [3.63, 3.8) is 0 Å². The average Bonchev–Trinajstić information content (AvgIpc) is 2.43. The molecule has 4 nitrogen and oxygen atoms in total. The highest BCUT2D eigenvalue weighted by atomic mass is 79.9. The van der Waals surface area contributed by atoms with Crippen LogP contribution in [0.5, 0.6) is 0 Å². The van der Waals surface area contributed by atoms with E-state index in [4.69, 9.17) is 0 Å². The van der Waals surface area contributed by atoms with Gasteiger partial charge in [0.05, 0.1) is 10.2 Å². The van der Waals surface area contributed by atoms with E-state index < -0.39 is 17.7 Å². The number of rotatable bonds is 3. The molecule has 104 valence electrons. The minimum atomic E-state index is -0.785. The van der Waals surface area contributed by atoms with Crippen LogP contribution in [-0.4, -0.2) is 11.0 Å². The number of amides is 2. The third-order valence-electron chi connectivity index (χ3n) is 2.42. The molecule has 1 aromatic heterocycles. The zero-order valence-corrected chi connectivity index (χ0v) is 11.7. The molecule has 0 fully saturated rings. The Hall–Kier alpha value is -2.02. The van der Waals surface area contributed by atoms with Gasteiger partial charge in [0.1, 0.15) is 11.6 Å². The van der Waals surface area contributed by atoms with E-state index in [1.54, 1.807) is 24.5 Å². The van der Waals surface area contributed by atoms with Gasteiger partial charge >= 0.3 is 6.03 Å². The highest BCUT2D eigenvalue weighted by Gasteiger charge is 2.11. The Morgan fingerprint density at radius 1 is 1.35 bits per heavy atom. The van der Waals surface area contributed by atoms with Crippen LogP contribution >= 0.6 is 15.9 Å². The van der Waals surface area contributed by atoms with Gasteiger partial charge in [-0.05, 0) is 33.6 Å². The number of carbonyl (C=O) groups excluding carboxylic acids is 1. The van der Waals surface area contributed by atoms with Gasteiger partial charge in [0.15, 0.2) is 0 Å². The molecule has 2 rings (SSSR count). The minimum absolute atomic E-state index is 0.00423. The molecule has 20 heavy (non-hydrogen) atoms. The SMILES string of the molecule is O=C(NCc1cccnc1)Nc1cc(F)cc(F)c1Br. The summed E-state index contributed by atoms with van der Waals surface area (Å²) in [7, 11) is 0. The Kier molecular flexibility index (Phi) is 4.62. The van der Waals surface area contributed by atoms with Crippen molar-refractivity contribution in [2.45, 2.75) is 6.54 Å². The molecule has 0 saturated heterocycles.